The first kappa shape index (κ1) is 19.2. The second-order valence-corrected chi connectivity index (χ2v) is 7.04. The van der Waals surface area contributed by atoms with Gasteiger partial charge in [0.1, 0.15) is 5.03 Å². The lowest BCUT2D eigenvalue weighted by molar-refractivity contribution is -0.120. The Balaban J connectivity index is 2.04. The summed E-state index contributed by atoms with van der Waals surface area (Å²) in [6.45, 7) is 0.135. The van der Waals surface area contributed by atoms with E-state index in [4.69, 9.17) is 5.11 Å². The molecule has 0 aromatic carbocycles. The Bertz CT molecular complexity index is 423. The molecule has 1 aromatic rings. The largest absolute Gasteiger partial charge is 0.396 e. The highest BCUT2D eigenvalue weighted by Gasteiger charge is 2.15. The fraction of sp³-hybridized carbons (Fsp3) is 0.571. The van der Waals surface area contributed by atoms with Crippen molar-refractivity contribution in [2.75, 3.05) is 18.9 Å². The van der Waals surface area contributed by atoms with Crippen LogP contribution in [0.1, 0.15) is 19.3 Å². The molecule has 22 heavy (non-hydrogen) atoms. The van der Waals surface area contributed by atoms with Crippen LogP contribution in [0.25, 0.3) is 0 Å². The second-order valence-electron chi connectivity index (χ2n) is 4.61. The quantitative estimate of drug-likeness (QED) is 0.347. The fourth-order valence-corrected chi connectivity index (χ4v) is 3.47. The Labute approximate surface area is 138 Å². The predicted molar refractivity (Wildman–Crippen MR) is 88.5 cm³/mol. The molecule has 0 aliphatic heterocycles. The third-order valence-electron chi connectivity index (χ3n) is 2.83. The van der Waals surface area contributed by atoms with Crippen LogP contribution in [-0.2, 0) is 4.79 Å². The first-order valence-corrected chi connectivity index (χ1v) is 9.39. The van der Waals surface area contributed by atoms with Crippen molar-refractivity contribution >= 4 is 27.5 Å². The topological polar surface area (TPSA) is 103 Å². The van der Waals surface area contributed by atoms with Gasteiger partial charge in [0.25, 0.3) is 0 Å². The molecule has 2 unspecified atom stereocenters. The third kappa shape index (κ3) is 8.60. The van der Waals surface area contributed by atoms with Gasteiger partial charge in [-0.05, 0) is 35.8 Å². The molecule has 2 atom stereocenters. The van der Waals surface area contributed by atoms with Gasteiger partial charge in [-0.25, -0.2) is 4.98 Å². The maximum atomic E-state index is 11.6. The molecule has 1 amide bonds. The zero-order valence-electron chi connectivity index (χ0n) is 12.2. The summed E-state index contributed by atoms with van der Waals surface area (Å²) >= 11 is 0. The van der Waals surface area contributed by atoms with Gasteiger partial charge in [0.2, 0.25) is 5.91 Å². The van der Waals surface area contributed by atoms with Crippen LogP contribution in [0.4, 0.5) is 0 Å². The van der Waals surface area contributed by atoms with Crippen LogP contribution in [0.2, 0.25) is 0 Å². The van der Waals surface area contributed by atoms with E-state index in [0.29, 0.717) is 18.7 Å². The molecular formula is C14H22N2O4S2. The average Bonchev–Trinajstić information content (AvgIpc) is 2.52. The Morgan fingerprint density at radius 1 is 1.27 bits per heavy atom. The molecule has 1 aromatic heterocycles. The lowest BCUT2D eigenvalue weighted by Gasteiger charge is -2.16. The van der Waals surface area contributed by atoms with Crippen LogP contribution in [0, 0.1) is 0 Å². The van der Waals surface area contributed by atoms with E-state index in [1.165, 1.54) is 10.8 Å². The molecule has 0 spiro atoms. The van der Waals surface area contributed by atoms with Crippen molar-refractivity contribution in [1.82, 2.24) is 10.3 Å². The lowest BCUT2D eigenvalue weighted by Crippen LogP contribution is -2.33. The van der Waals surface area contributed by atoms with E-state index in [0.717, 1.165) is 5.03 Å². The van der Waals surface area contributed by atoms with Crippen LogP contribution < -0.4 is 5.32 Å². The van der Waals surface area contributed by atoms with Gasteiger partial charge in [0.15, 0.2) is 0 Å². The van der Waals surface area contributed by atoms with Crippen molar-refractivity contribution in [2.24, 2.45) is 0 Å². The molecule has 1 rings (SSSR count). The van der Waals surface area contributed by atoms with Crippen LogP contribution in [-0.4, -0.2) is 57.3 Å². The minimum atomic E-state index is -0.952. The minimum absolute atomic E-state index is 0.0852. The van der Waals surface area contributed by atoms with E-state index in [-0.39, 0.29) is 25.4 Å². The maximum absolute atomic E-state index is 11.6. The number of carbonyl (C=O) groups excluding carboxylic acids is 1. The molecule has 124 valence electrons. The Morgan fingerprint density at radius 2 is 2.05 bits per heavy atom. The van der Waals surface area contributed by atoms with E-state index in [9.17, 15) is 15.0 Å². The zero-order valence-corrected chi connectivity index (χ0v) is 13.9. The summed E-state index contributed by atoms with van der Waals surface area (Å²) in [7, 11) is 3.09. The van der Waals surface area contributed by atoms with E-state index in [1.54, 1.807) is 17.0 Å². The summed E-state index contributed by atoms with van der Waals surface area (Å²) in [5, 5.41) is 31.3. The number of aliphatic hydroxyl groups is 3. The number of nitrogens with zero attached hydrogens (tertiary/aromatic N) is 1. The molecule has 4 N–H and O–H groups in total. The highest BCUT2D eigenvalue weighted by Crippen LogP contribution is 2.29. The molecule has 8 heteroatoms. The van der Waals surface area contributed by atoms with Crippen LogP contribution in [0.15, 0.2) is 29.4 Å². The number of aliphatic hydroxyl groups excluding tert-OH is 3. The summed E-state index contributed by atoms with van der Waals surface area (Å²) in [4.78, 5) is 15.8. The summed E-state index contributed by atoms with van der Waals surface area (Å²) in [6.07, 6.45) is 0.638. The van der Waals surface area contributed by atoms with Gasteiger partial charge in [-0.1, -0.05) is 16.9 Å². The van der Waals surface area contributed by atoms with Gasteiger partial charge in [-0.15, -0.1) is 0 Å². The summed E-state index contributed by atoms with van der Waals surface area (Å²) < 4.78 is 0. The number of hydrogen-bond donors (Lipinski definition) is 4. The first-order valence-electron chi connectivity index (χ1n) is 7.07. The molecule has 0 fully saturated rings. The monoisotopic (exact) mass is 346 g/mol. The molecule has 1 heterocycles. The van der Waals surface area contributed by atoms with Crippen molar-refractivity contribution in [2.45, 2.75) is 36.5 Å². The van der Waals surface area contributed by atoms with Gasteiger partial charge in [0, 0.05) is 31.5 Å². The van der Waals surface area contributed by atoms with Crippen molar-refractivity contribution in [3.63, 3.8) is 0 Å². The van der Waals surface area contributed by atoms with E-state index in [1.807, 2.05) is 18.2 Å². The van der Waals surface area contributed by atoms with Crippen LogP contribution in [0.5, 0.6) is 0 Å². The number of hydrogen-bond acceptors (Lipinski definition) is 7. The van der Waals surface area contributed by atoms with Crippen molar-refractivity contribution in [3.05, 3.63) is 24.4 Å². The summed E-state index contributed by atoms with van der Waals surface area (Å²) in [5.74, 6) is 0.584. The normalized spacial score (nSPS) is 13.6. The smallest absolute Gasteiger partial charge is 0.220 e. The number of aromatic nitrogens is 1. The molecule has 0 aliphatic rings. The summed E-state index contributed by atoms with van der Waals surface area (Å²) in [5.41, 5.74) is 0. The maximum Gasteiger partial charge on any atom is 0.220 e. The van der Waals surface area contributed by atoms with Crippen molar-refractivity contribution in [1.29, 1.82) is 0 Å². The van der Waals surface area contributed by atoms with Crippen LogP contribution >= 0.6 is 21.6 Å². The van der Waals surface area contributed by atoms with Crippen LogP contribution in [0.3, 0.4) is 0 Å². The fourth-order valence-electron chi connectivity index (χ4n) is 1.60. The second kappa shape index (κ2) is 11.7. The highest BCUT2D eigenvalue weighted by molar-refractivity contribution is 8.76. The molecule has 0 aliphatic carbocycles. The standard InChI is InChI=1S/C14H22N2O4S2/c17-9-5-12(19)11(18)4-8-15-13(20)6-10-21-22-14-3-1-2-7-16-14/h1-3,7,11-12,17-19H,4-6,8-10H2,(H,15,20). The zero-order chi connectivity index (χ0) is 16.2. The molecule has 0 radical (unpaired) electrons. The summed E-state index contributed by atoms with van der Waals surface area (Å²) in [6, 6.07) is 5.68. The van der Waals surface area contributed by atoms with Gasteiger partial charge in [-0.3, -0.25) is 4.79 Å². The highest BCUT2D eigenvalue weighted by atomic mass is 33.1. The van der Waals surface area contributed by atoms with Gasteiger partial charge in [-0.2, -0.15) is 0 Å². The number of nitrogens with one attached hydrogen (secondary N) is 1. The van der Waals surface area contributed by atoms with E-state index >= 15 is 0 Å². The SMILES string of the molecule is O=C(CCSSc1ccccn1)NCCC(O)C(O)CCO. The van der Waals surface area contributed by atoms with Crippen molar-refractivity contribution in [3.8, 4) is 0 Å². The Morgan fingerprint density at radius 3 is 2.73 bits per heavy atom. The molecule has 0 saturated heterocycles. The molecular weight excluding hydrogens is 324 g/mol. The first-order chi connectivity index (χ1) is 10.6. The van der Waals surface area contributed by atoms with Gasteiger partial charge >= 0.3 is 0 Å². The number of amides is 1. The lowest BCUT2D eigenvalue weighted by atomic mass is 10.1. The Kier molecular flexibility index (Phi) is 10.3. The Hall–Kier alpha value is -0.800. The minimum Gasteiger partial charge on any atom is -0.396 e. The predicted octanol–water partition coefficient (Wildman–Crippen LogP) is 0.822. The number of carbonyl (C=O) groups is 1. The number of pyridine rings is 1. The third-order valence-corrected chi connectivity index (χ3v) is 5.09. The molecule has 0 bridgehead atoms. The molecule has 0 saturated carbocycles. The average molecular weight is 346 g/mol. The number of rotatable bonds is 11. The van der Waals surface area contributed by atoms with Gasteiger partial charge < -0.3 is 20.6 Å². The van der Waals surface area contributed by atoms with Gasteiger partial charge in [0.05, 0.1) is 12.2 Å². The van der Waals surface area contributed by atoms with E-state index < -0.39 is 12.2 Å². The van der Waals surface area contributed by atoms with Crippen molar-refractivity contribution < 1.29 is 20.1 Å². The van der Waals surface area contributed by atoms with E-state index in [2.05, 4.69) is 10.3 Å². The molecule has 6 nitrogen and oxygen atoms in total.